The standard InChI is InChI=1S/C16H19N3O/c1-19(2)16(20)15-9-14(10-18-11-15)13-5-3-12(4-6-13)7-8-17/h3-6,9-11H,7-8,17H2,1-2H3. The van der Waals surface area contributed by atoms with Crippen LogP contribution in [0.15, 0.2) is 42.7 Å². The number of carbonyl (C=O) groups is 1. The topological polar surface area (TPSA) is 59.2 Å². The molecule has 0 aliphatic rings. The molecule has 0 aliphatic heterocycles. The van der Waals surface area contributed by atoms with Gasteiger partial charge >= 0.3 is 0 Å². The maximum Gasteiger partial charge on any atom is 0.254 e. The normalized spacial score (nSPS) is 10.3. The lowest BCUT2D eigenvalue weighted by atomic mass is 10.0. The molecule has 0 unspecified atom stereocenters. The lowest BCUT2D eigenvalue weighted by Crippen LogP contribution is -2.21. The zero-order valence-corrected chi connectivity index (χ0v) is 11.8. The second kappa shape index (κ2) is 6.30. The second-order valence-corrected chi connectivity index (χ2v) is 4.90. The van der Waals surface area contributed by atoms with Crippen molar-refractivity contribution in [1.29, 1.82) is 0 Å². The van der Waals surface area contributed by atoms with Gasteiger partial charge in [0.15, 0.2) is 0 Å². The Balaban J connectivity index is 2.28. The highest BCUT2D eigenvalue weighted by atomic mass is 16.2. The molecular weight excluding hydrogens is 250 g/mol. The molecule has 4 nitrogen and oxygen atoms in total. The van der Waals surface area contributed by atoms with Gasteiger partial charge in [0.1, 0.15) is 0 Å². The molecular formula is C16H19N3O. The summed E-state index contributed by atoms with van der Waals surface area (Å²) >= 11 is 0. The minimum absolute atomic E-state index is 0.0425. The van der Waals surface area contributed by atoms with Crippen LogP contribution in [0.5, 0.6) is 0 Å². The zero-order chi connectivity index (χ0) is 14.5. The fraction of sp³-hybridized carbons (Fsp3) is 0.250. The third kappa shape index (κ3) is 3.22. The minimum atomic E-state index is -0.0425. The first-order chi connectivity index (χ1) is 9.61. The van der Waals surface area contributed by atoms with Gasteiger partial charge in [-0.1, -0.05) is 24.3 Å². The molecule has 0 atom stereocenters. The quantitative estimate of drug-likeness (QED) is 0.923. The summed E-state index contributed by atoms with van der Waals surface area (Å²) in [5, 5.41) is 0. The average molecular weight is 269 g/mol. The van der Waals surface area contributed by atoms with Crippen molar-refractivity contribution in [3.05, 3.63) is 53.9 Å². The van der Waals surface area contributed by atoms with Crippen LogP contribution >= 0.6 is 0 Å². The van der Waals surface area contributed by atoms with Crippen LogP contribution in [0, 0.1) is 0 Å². The number of amides is 1. The van der Waals surface area contributed by atoms with E-state index in [0.717, 1.165) is 17.5 Å². The molecule has 0 aliphatic carbocycles. The summed E-state index contributed by atoms with van der Waals surface area (Å²) in [6.07, 6.45) is 4.23. The first kappa shape index (κ1) is 14.2. The van der Waals surface area contributed by atoms with Gasteiger partial charge in [-0.05, 0) is 30.2 Å². The summed E-state index contributed by atoms with van der Waals surface area (Å²) in [6.45, 7) is 0.647. The molecule has 2 aromatic rings. The van der Waals surface area contributed by atoms with Crippen LogP contribution in [0.3, 0.4) is 0 Å². The minimum Gasteiger partial charge on any atom is -0.345 e. The van der Waals surface area contributed by atoms with Crippen LogP contribution in [0.1, 0.15) is 15.9 Å². The number of nitrogens with two attached hydrogens (primary N) is 1. The van der Waals surface area contributed by atoms with Gasteiger partial charge in [0.05, 0.1) is 5.56 Å². The predicted molar refractivity (Wildman–Crippen MR) is 80.4 cm³/mol. The number of carbonyl (C=O) groups excluding carboxylic acids is 1. The van der Waals surface area contributed by atoms with E-state index >= 15 is 0 Å². The van der Waals surface area contributed by atoms with Gasteiger partial charge in [0.2, 0.25) is 0 Å². The van der Waals surface area contributed by atoms with E-state index in [1.54, 1.807) is 31.4 Å². The fourth-order valence-corrected chi connectivity index (χ4v) is 2.00. The third-order valence-electron chi connectivity index (χ3n) is 3.11. The Kier molecular flexibility index (Phi) is 4.48. The number of nitrogens with zero attached hydrogens (tertiary/aromatic N) is 2. The summed E-state index contributed by atoms with van der Waals surface area (Å²) in [7, 11) is 3.47. The van der Waals surface area contributed by atoms with E-state index in [4.69, 9.17) is 5.73 Å². The van der Waals surface area contributed by atoms with Crippen LogP contribution in [0.25, 0.3) is 11.1 Å². The monoisotopic (exact) mass is 269 g/mol. The first-order valence-electron chi connectivity index (χ1n) is 6.58. The van der Waals surface area contributed by atoms with Crippen LogP contribution in [0.2, 0.25) is 0 Å². The molecule has 0 bridgehead atoms. The van der Waals surface area contributed by atoms with Crippen LogP contribution in [-0.2, 0) is 6.42 Å². The molecule has 20 heavy (non-hydrogen) atoms. The lowest BCUT2D eigenvalue weighted by molar-refractivity contribution is 0.0827. The summed E-state index contributed by atoms with van der Waals surface area (Å²) in [5.74, 6) is -0.0425. The van der Waals surface area contributed by atoms with E-state index in [0.29, 0.717) is 12.1 Å². The Labute approximate surface area is 119 Å². The third-order valence-corrected chi connectivity index (χ3v) is 3.11. The summed E-state index contributed by atoms with van der Waals surface area (Å²) in [4.78, 5) is 17.6. The SMILES string of the molecule is CN(C)C(=O)c1cncc(-c2ccc(CCN)cc2)c1. The van der Waals surface area contributed by atoms with Gasteiger partial charge in [-0.2, -0.15) is 0 Å². The van der Waals surface area contributed by atoms with Crippen molar-refractivity contribution in [2.45, 2.75) is 6.42 Å². The first-order valence-corrected chi connectivity index (χ1v) is 6.58. The molecule has 0 radical (unpaired) electrons. The van der Waals surface area contributed by atoms with Crippen molar-refractivity contribution in [3.63, 3.8) is 0 Å². The van der Waals surface area contributed by atoms with E-state index in [1.165, 1.54) is 5.56 Å². The van der Waals surface area contributed by atoms with Crippen molar-refractivity contribution in [2.24, 2.45) is 5.73 Å². The number of hydrogen-bond acceptors (Lipinski definition) is 3. The van der Waals surface area contributed by atoms with Gasteiger partial charge in [0.25, 0.3) is 5.91 Å². The molecule has 104 valence electrons. The Morgan fingerprint density at radius 2 is 1.85 bits per heavy atom. The van der Waals surface area contributed by atoms with E-state index in [9.17, 15) is 4.79 Å². The number of benzene rings is 1. The van der Waals surface area contributed by atoms with Crippen LogP contribution < -0.4 is 5.73 Å². The molecule has 2 rings (SSSR count). The van der Waals surface area contributed by atoms with Crippen molar-refractivity contribution in [1.82, 2.24) is 9.88 Å². The molecule has 1 heterocycles. The molecule has 0 spiro atoms. The van der Waals surface area contributed by atoms with Gasteiger partial charge in [0, 0.05) is 32.1 Å². The van der Waals surface area contributed by atoms with E-state index in [-0.39, 0.29) is 5.91 Å². The molecule has 1 amide bonds. The highest BCUT2D eigenvalue weighted by Gasteiger charge is 2.09. The Morgan fingerprint density at radius 1 is 1.15 bits per heavy atom. The lowest BCUT2D eigenvalue weighted by Gasteiger charge is -2.11. The van der Waals surface area contributed by atoms with Crippen molar-refractivity contribution in [3.8, 4) is 11.1 Å². The number of rotatable bonds is 4. The molecule has 1 aromatic heterocycles. The van der Waals surface area contributed by atoms with E-state index in [2.05, 4.69) is 17.1 Å². The highest BCUT2D eigenvalue weighted by molar-refractivity contribution is 5.94. The van der Waals surface area contributed by atoms with E-state index < -0.39 is 0 Å². The molecule has 0 saturated carbocycles. The number of pyridine rings is 1. The Bertz CT molecular complexity index is 591. The summed E-state index contributed by atoms with van der Waals surface area (Å²) in [5.41, 5.74) is 9.34. The maximum absolute atomic E-state index is 11.9. The molecule has 4 heteroatoms. The highest BCUT2D eigenvalue weighted by Crippen LogP contribution is 2.20. The van der Waals surface area contributed by atoms with Gasteiger partial charge in [-0.3, -0.25) is 9.78 Å². The largest absolute Gasteiger partial charge is 0.345 e. The molecule has 0 saturated heterocycles. The second-order valence-electron chi connectivity index (χ2n) is 4.90. The Hall–Kier alpha value is -2.20. The van der Waals surface area contributed by atoms with Crippen molar-refractivity contribution < 1.29 is 4.79 Å². The van der Waals surface area contributed by atoms with E-state index in [1.807, 2.05) is 18.2 Å². The molecule has 1 aromatic carbocycles. The van der Waals surface area contributed by atoms with Crippen LogP contribution in [-0.4, -0.2) is 36.4 Å². The van der Waals surface area contributed by atoms with Crippen LogP contribution in [0.4, 0.5) is 0 Å². The predicted octanol–water partition coefficient (Wildman–Crippen LogP) is 1.95. The van der Waals surface area contributed by atoms with Gasteiger partial charge in [-0.25, -0.2) is 0 Å². The number of hydrogen-bond donors (Lipinski definition) is 1. The number of aromatic nitrogens is 1. The summed E-state index contributed by atoms with van der Waals surface area (Å²) in [6, 6.07) is 10.1. The summed E-state index contributed by atoms with van der Waals surface area (Å²) < 4.78 is 0. The van der Waals surface area contributed by atoms with Gasteiger partial charge in [-0.15, -0.1) is 0 Å². The van der Waals surface area contributed by atoms with Gasteiger partial charge < -0.3 is 10.6 Å². The van der Waals surface area contributed by atoms with Crippen molar-refractivity contribution in [2.75, 3.05) is 20.6 Å². The Morgan fingerprint density at radius 3 is 2.45 bits per heavy atom. The molecule has 0 fully saturated rings. The molecule has 2 N–H and O–H groups in total. The maximum atomic E-state index is 11.9. The van der Waals surface area contributed by atoms with Crippen molar-refractivity contribution >= 4 is 5.91 Å². The average Bonchev–Trinajstić information content (AvgIpc) is 2.47. The smallest absolute Gasteiger partial charge is 0.254 e. The zero-order valence-electron chi connectivity index (χ0n) is 11.8. The fourth-order valence-electron chi connectivity index (χ4n) is 2.00.